The second-order valence-electron chi connectivity index (χ2n) is 4.54. The van der Waals surface area contributed by atoms with Gasteiger partial charge in [-0.3, -0.25) is 0 Å². The number of rotatable bonds is 2. The third-order valence-corrected chi connectivity index (χ3v) is 4.12. The van der Waals surface area contributed by atoms with Crippen LogP contribution in [0, 0.1) is 0 Å². The SMILES string of the molecule is CC(C)(C)N(C(=O)O)S(=O)(=O)c1ccccc1. The minimum absolute atomic E-state index is 0.0303. The molecule has 0 spiro atoms. The number of carbonyl (C=O) groups is 1. The van der Waals surface area contributed by atoms with Crippen LogP contribution < -0.4 is 0 Å². The molecule has 6 heteroatoms. The summed E-state index contributed by atoms with van der Waals surface area (Å²) in [7, 11) is -4.02. The van der Waals surface area contributed by atoms with Gasteiger partial charge in [-0.25, -0.2) is 13.2 Å². The molecular formula is C11H15NO4S. The fourth-order valence-electron chi connectivity index (χ4n) is 1.45. The van der Waals surface area contributed by atoms with Gasteiger partial charge in [-0.2, -0.15) is 4.31 Å². The molecule has 1 aromatic rings. The second kappa shape index (κ2) is 4.37. The highest BCUT2D eigenvalue weighted by atomic mass is 32.2. The van der Waals surface area contributed by atoms with E-state index in [0.717, 1.165) is 0 Å². The number of nitrogens with zero attached hydrogens (tertiary/aromatic N) is 1. The van der Waals surface area contributed by atoms with E-state index in [1.54, 1.807) is 18.2 Å². The normalized spacial score (nSPS) is 12.2. The number of amides is 1. The van der Waals surface area contributed by atoms with Crippen LogP contribution in [0.2, 0.25) is 0 Å². The van der Waals surface area contributed by atoms with Gasteiger partial charge in [0.05, 0.1) is 10.4 Å². The quantitative estimate of drug-likeness (QED) is 0.880. The fourth-order valence-corrected chi connectivity index (χ4v) is 3.09. The Balaban J connectivity index is 3.35. The standard InChI is InChI=1S/C11H15NO4S/c1-11(2,3)12(10(13)14)17(15,16)9-7-5-4-6-8-9/h4-8H,1-3H3,(H,13,14). The monoisotopic (exact) mass is 257 g/mol. The third kappa shape index (κ3) is 2.76. The van der Waals surface area contributed by atoms with Crippen molar-refractivity contribution >= 4 is 16.1 Å². The zero-order valence-corrected chi connectivity index (χ0v) is 10.7. The maximum Gasteiger partial charge on any atom is 0.421 e. The molecule has 1 N–H and O–H groups in total. The van der Waals surface area contributed by atoms with Crippen molar-refractivity contribution < 1.29 is 18.3 Å². The highest BCUT2D eigenvalue weighted by molar-refractivity contribution is 7.89. The molecule has 1 aromatic carbocycles. The van der Waals surface area contributed by atoms with Crippen molar-refractivity contribution in [3.05, 3.63) is 30.3 Å². The van der Waals surface area contributed by atoms with Crippen molar-refractivity contribution in [2.75, 3.05) is 0 Å². The predicted octanol–water partition coefficient (Wildman–Crippen LogP) is 2.15. The smallest absolute Gasteiger partial charge is 0.421 e. The molecule has 0 aliphatic heterocycles. The van der Waals surface area contributed by atoms with Crippen molar-refractivity contribution in [3.63, 3.8) is 0 Å². The molecule has 17 heavy (non-hydrogen) atoms. The fraction of sp³-hybridized carbons (Fsp3) is 0.364. The Hall–Kier alpha value is -1.56. The number of benzene rings is 1. The number of hydrogen-bond acceptors (Lipinski definition) is 3. The molecule has 0 saturated carbocycles. The number of sulfonamides is 1. The van der Waals surface area contributed by atoms with Crippen LogP contribution in [0.3, 0.4) is 0 Å². The Kier molecular flexibility index (Phi) is 3.47. The first-order valence-corrected chi connectivity index (χ1v) is 6.45. The summed E-state index contributed by atoms with van der Waals surface area (Å²) in [6.45, 7) is 4.59. The average molecular weight is 257 g/mol. The van der Waals surface area contributed by atoms with Crippen molar-refractivity contribution in [3.8, 4) is 0 Å². The van der Waals surface area contributed by atoms with E-state index in [1.165, 1.54) is 32.9 Å². The first-order chi connectivity index (χ1) is 7.67. The minimum atomic E-state index is -4.02. The Morgan fingerprint density at radius 3 is 2.00 bits per heavy atom. The van der Waals surface area contributed by atoms with Crippen LogP contribution >= 0.6 is 0 Å². The van der Waals surface area contributed by atoms with E-state index in [1.807, 2.05) is 0 Å². The summed E-state index contributed by atoms with van der Waals surface area (Å²) >= 11 is 0. The molecule has 0 aliphatic rings. The Bertz CT molecular complexity index is 502. The highest BCUT2D eigenvalue weighted by Crippen LogP contribution is 2.24. The van der Waals surface area contributed by atoms with E-state index in [4.69, 9.17) is 5.11 Å². The number of hydrogen-bond donors (Lipinski definition) is 1. The van der Waals surface area contributed by atoms with Gasteiger partial charge >= 0.3 is 6.09 Å². The first-order valence-electron chi connectivity index (χ1n) is 5.01. The van der Waals surface area contributed by atoms with Gasteiger partial charge in [-0.05, 0) is 32.9 Å². The Morgan fingerprint density at radius 1 is 1.18 bits per heavy atom. The van der Waals surface area contributed by atoms with Crippen molar-refractivity contribution in [2.24, 2.45) is 0 Å². The van der Waals surface area contributed by atoms with Gasteiger partial charge in [0.2, 0.25) is 0 Å². The Morgan fingerprint density at radius 2 is 1.65 bits per heavy atom. The van der Waals surface area contributed by atoms with Gasteiger partial charge in [-0.1, -0.05) is 18.2 Å². The van der Waals surface area contributed by atoms with E-state index in [2.05, 4.69) is 0 Å². The van der Waals surface area contributed by atoms with Gasteiger partial charge in [0.25, 0.3) is 10.0 Å². The maximum absolute atomic E-state index is 12.2. The summed E-state index contributed by atoms with van der Waals surface area (Å²) in [5, 5.41) is 9.05. The van der Waals surface area contributed by atoms with Crippen LogP contribution in [0.25, 0.3) is 0 Å². The maximum atomic E-state index is 12.2. The Labute approximate surface area is 101 Å². The van der Waals surface area contributed by atoms with Gasteiger partial charge in [0, 0.05) is 0 Å². The van der Waals surface area contributed by atoms with Crippen LogP contribution in [0.15, 0.2) is 35.2 Å². The van der Waals surface area contributed by atoms with Gasteiger partial charge in [-0.15, -0.1) is 0 Å². The molecule has 5 nitrogen and oxygen atoms in total. The van der Waals surface area contributed by atoms with Crippen molar-refractivity contribution in [1.29, 1.82) is 0 Å². The molecule has 0 heterocycles. The van der Waals surface area contributed by atoms with Crippen molar-refractivity contribution in [1.82, 2.24) is 4.31 Å². The lowest BCUT2D eigenvalue weighted by molar-refractivity contribution is 0.146. The van der Waals surface area contributed by atoms with Crippen LogP contribution in [0.1, 0.15) is 20.8 Å². The lowest BCUT2D eigenvalue weighted by atomic mass is 10.1. The highest BCUT2D eigenvalue weighted by Gasteiger charge is 2.38. The summed E-state index contributed by atoms with van der Waals surface area (Å²) in [5.41, 5.74) is -1.03. The molecular weight excluding hydrogens is 242 g/mol. The first kappa shape index (κ1) is 13.5. The largest absolute Gasteiger partial charge is 0.464 e. The predicted molar refractivity (Wildman–Crippen MR) is 63.2 cm³/mol. The zero-order valence-electron chi connectivity index (χ0n) is 9.91. The number of carboxylic acid groups (broad SMARTS) is 1. The summed E-state index contributed by atoms with van der Waals surface area (Å²) in [6, 6.07) is 7.51. The van der Waals surface area contributed by atoms with Crippen LogP contribution in [0.4, 0.5) is 4.79 Å². The summed E-state index contributed by atoms with van der Waals surface area (Å²) in [4.78, 5) is 11.1. The van der Waals surface area contributed by atoms with E-state index in [9.17, 15) is 13.2 Å². The molecule has 0 atom stereocenters. The second-order valence-corrected chi connectivity index (χ2v) is 6.32. The lowest BCUT2D eigenvalue weighted by Crippen LogP contribution is -2.48. The molecule has 94 valence electrons. The molecule has 0 saturated heterocycles. The van der Waals surface area contributed by atoms with Crippen LogP contribution in [-0.2, 0) is 10.0 Å². The van der Waals surface area contributed by atoms with Gasteiger partial charge in [0.1, 0.15) is 0 Å². The topological polar surface area (TPSA) is 74.7 Å². The molecule has 0 fully saturated rings. The van der Waals surface area contributed by atoms with E-state index >= 15 is 0 Å². The molecule has 1 amide bonds. The van der Waals surface area contributed by atoms with E-state index in [-0.39, 0.29) is 4.90 Å². The molecule has 0 radical (unpaired) electrons. The third-order valence-electron chi connectivity index (χ3n) is 2.06. The molecule has 0 unspecified atom stereocenters. The molecule has 1 rings (SSSR count). The zero-order chi connectivity index (χ0) is 13.3. The van der Waals surface area contributed by atoms with Crippen molar-refractivity contribution in [2.45, 2.75) is 31.2 Å². The van der Waals surface area contributed by atoms with Gasteiger partial charge < -0.3 is 5.11 Å². The van der Waals surface area contributed by atoms with E-state index in [0.29, 0.717) is 4.31 Å². The molecule has 0 aliphatic carbocycles. The van der Waals surface area contributed by atoms with Gasteiger partial charge in [0.15, 0.2) is 0 Å². The van der Waals surface area contributed by atoms with Crippen LogP contribution in [-0.4, -0.2) is 29.5 Å². The minimum Gasteiger partial charge on any atom is -0.464 e. The lowest BCUT2D eigenvalue weighted by Gasteiger charge is -2.31. The average Bonchev–Trinajstić information content (AvgIpc) is 2.15. The summed E-state index contributed by atoms with van der Waals surface area (Å²) in [6.07, 6.45) is -1.48. The van der Waals surface area contributed by atoms with E-state index < -0.39 is 21.7 Å². The summed E-state index contributed by atoms with van der Waals surface area (Å²) < 4.78 is 24.8. The molecule has 0 bridgehead atoms. The summed E-state index contributed by atoms with van der Waals surface area (Å²) in [5.74, 6) is 0. The molecule has 0 aromatic heterocycles. The van der Waals surface area contributed by atoms with Crippen LogP contribution in [0.5, 0.6) is 0 Å².